The summed E-state index contributed by atoms with van der Waals surface area (Å²) in [6, 6.07) is 0. The van der Waals surface area contributed by atoms with Crippen LogP contribution in [0, 0.1) is 6.08 Å². The van der Waals surface area contributed by atoms with E-state index in [1.165, 1.54) is 87.9 Å². The van der Waals surface area contributed by atoms with E-state index in [2.05, 4.69) is 33.1 Å². The maximum absolute atomic E-state index is 13.7. The Morgan fingerprint density at radius 3 is 2.09 bits per heavy atom. The van der Waals surface area contributed by atoms with Crippen LogP contribution >= 0.6 is 15.6 Å². The van der Waals surface area contributed by atoms with Gasteiger partial charge in [-0.1, -0.05) is 110 Å². The van der Waals surface area contributed by atoms with Gasteiger partial charge >= 0.3 is 21.7 Å². The Morgan fingerprint density at radius 2 is 1.43 bits per heavy atom. The van der Waals surface area contributed by atoms with Crippen molar-refractivity contribution in [2.75, 3.05) is 32.2 Å². The molecule has 1 aliphatic rings. The number of phosphoric acid groups is 2. The van der Waals surface area contributed by atoms with Crippen molar-refractivity contribution >= 4 is 32.6 Å². The molecule has 4 unspecified atom stereocenters. The average molecular weight is 810 g/mol. The number of nitrogens with two attached hydrogens (primary N) is 1. The summed E-state index contributed by atoms with van der Waals surface area (Å²) in [6.45, 7) is 6.71. The lowest BCUT2D eigenvalue weighted by atomic mass is 10.0. The van der Waals surface area contributed by atoms with E-state index in [1.54, 1.807) is 0 Å². The number of fused-ring (bicyclic) bond motifs is 1. The van der Waals surface area contributed by atoms with E-state index in [0.29, 0.717) is 19.4 Å². The molecule has 0 radical (unpaired) electrons. The van der Waals surface area contributed by atoms with Crippen molar-refractivity contribution in [3.8, 4) is 0 Å². The zero-order valence-corrected chi connectivity index (χ0v) is 34.4. The van der Waals surface area contributed by atoms with Crippen LogP contribution in [0.3, 0.4) is 0 Å². The summed E-state index contributed by atoms with van der Waals surface area (Å²) < 4.78 is 72.8. The summed E-state index contributed by atoms with van der Waals surface area (Å²) in [4.78, 5) is 31.5. The van der Waals surface area contributed by atoms with E-state index in [-0.39, 0.29) is 48.8 Å². The Balaban J connectivity index is 1.34. The van der Waals surface area contributed by atoms with Crippen LogP contribution in [0.4, 0.5) is 10.2 Å². The number of halogens is 1. The van der Waals surface area contributed by atoms with Crippen molar-refractivity contribution < 1.29 is 50.9 Å². The molecule has 1 fully saturated rings. The molecule has 1 saturated heterocycles. The number of nitrogen functional groups attached to an aromatic ring is 1. The fraction of sp³-hybridized carbons (Fsp3) is 0.861. The number of nitrogens with zero attached hydrogens (tertiary/aromatic N) is 4. The van der Waals surface area contributed by atoms with Gasteiger partial charge < -0.3 is 29.7 Å². The highest BCUT2D eigenvalue weighted by Gasteiger charge is 2.37. The molecule has 0 amide bonds. The minimum absolute atomic E-state index is 0.0468. The monoisotopic (exact) mass is 809 g/mol. The van der Waals surface area contributed by atoms with Gasteiger partial charge in [-0.25, -0.2) is 14.1 Å². The van der Waals surface area contributed by atoms with Gasteiger partial charge in [-0.05, 0) is 39.0 Å². The van der Waals surface area contributed by atoms with Gasteiger partial charge in [-0.15, -0.1) is 0 Å². The van der Waals surface area contributed by atoms with E-state index < -0.39 is 40.7 Å². The molecule has 0 bridgehead atoms. The maximum atomic E-state index is 13.7. The number of ether oxygens (including phenoxy) is 3. The predicted octanol–water partition coefficient (Wildman–Crippen LogP) is 9.33. The number of unbranched alkanes of at least 4 members (excludes halogenated alkanes) is 14. The molecule has 1 aliphatic heterocycles. The van der Waals surface area contributed by atoms with Crippen LogP contribution in [0.2, 0.25) is 0 Å². The molecule has 0 spiro atoms. The summed E-state index contributed by atoms with van der Waals surface area (Å²) >= 11 is 0. The van der Waals surface area contributed by atoms with Gasteiger partial charge in [0.05, 0.1) is 37.9 Å². The van der Waals surface area contributed by atoms with Crippen LogP contribution in [0.1, 0.15) is 155 Å². The van der Waals surface area contributed by atoms with Gasteiger partial charge in [0.25, 0.3) is 0 Å². The Morgan fingerprint density at radius 1 is 0.833 bits per heavy atom. The molecule has 2 aromatic rings. The molecule has 18 heteroatoms. The van der Waals surface area contributed by atoms with Gasteiger partial charge in [0.15, 0.2) is 17.0 Å². The third-order valence-electron chi connectivity index (χ3n) is 9.57. The highest BCUT2D eigenvalue weighted by molar-refractivity contribution is 7.61. The molecule has 0 saturated carbocycles. The molecular weight excluding hydrogens is 743 g/mol. The van der Waals surface area contributed by atoms with Crippen molar-refractivity contribution in [2.45, 2.75) is 174 Å². The number of rotatable bonds is 32. The third kappa shape index (κ3) is 18.1. The smallest absolute Gasteiger partial charge is 0.382 e. The standard InChI is InChI=1S/C36H66FN5O10P2/c1-4-6-8-10-12-13-15-17-19-24-48-31(21-18-16-14-11-9-7-5-2)29(3)47-25-20-26-49-53(43,44)52-54(45,46)50-27-30-22-23-32(51-30)42-28-39-33-34(38)40-36(37)41-35(33)42/h28-32H,4-27H2,1-3H3,(H,43,44)(H,45,46)(H2,38,40,41)/t29?,30-,31?,32+/m0/s1. The summed E-state index contributed by atoms with van der Waals surface area (Å²) in [7, 11) is -9.95. The normalized spacial score (nSPS) is 19.6. The Kier molecular flexibility index (Phi) is 22.2. The SMILES string of the molecule is CCCCCCCCCCCOC(CCCCCCCCC)C(C)OCCCOP(=O)(O)OP(=O)(O)OC[C@@H]1CC[C@H](n2cnc3c(N)nc(F)nc32)O1. The van der Waals surface area contributed by atoms with E-state index in [4.69, 9.17) is 29.0 Å². The lowest BCUT2D eigenvalue weighted by Gasteiger charge is -2.25. The Labute approximate surface area is 320 Å². The second-order valence-corrected chi connectivity index (χ2v) is 17.3. The fourth-order valence-electron chi connectivity index (χ4n) is 6.51. The summed E-state index contributed by atoms with van der Waals surface area (Å²) in [5.74, 6) is -0.114. The molecule has 4 N–H and O–H groups in total. The number of hydrogen-bond donors (Lipinski definition) is 3. The van der Waals surface area contributed by atoms with Crippen LogP contribution in [0.25, 0.3) is 11.2 Å². The van der Waals surface area contributed by atoms with E-state index in [9.17, 15) is 23.3 Å². The molecular formula is C36H66FN5O10P2. The average Bonchev–Trinajstić information content (AvgIpc) is 3.77. The van der Waals surface area contributed by atoms with E-state index >= 15 is 0 Å². The lowest BCUT2D eigenvalue weighted by Crippen LogP contribution is -2.30. The van der Waals surface area contributed by atoms with Crippen molar-refractivity contribution in [3.63, 3.8) is 0 Å². The van der Waals surface area contributed by atoms with E-state index in [0.717, 1.165) is 32.1 Å². The Hall–Kier alpha value is -1.58. The topological polar surface area (TPSA) is 200 Å². The predicted molar refractivity (Wildman–Crippen MR) is 205 cm³/mol. The Bertz CT molecular complexity index is 1430. The van der Waals surface area contributed by atoms with Gasteiger partial charge in [0.1, 0.15) is 6.23 Å². The lowest BCUT2D eigenvalue weighted by molar-refractivity contribution is -0.0717. The van der Waals surface area contributed by atoms with Gasteiger partial charge in [-0.2, -0.15) is 18.7 Å². The van der Waals surface area contributed by atoms with Gasteiger partial charge in [0.2, 0.25) is 0 Å². The first-order valence-electron chi connectivity index (χ1n) is 20.1. The highest BCUT2D eigenvalue weighted by atomic mass is 31.3. The first kappa shape index (κ1) is 46.8. The van der Waals surface area contributed by atoms with Crippen molar-refractivity contribution in [1.29, 1.82) is 0 Å². The number of imidazole rings is 1. The fourth-order valence-corrected chi connectivity index (χ4v) is 8.64. The molecule has 0 aliphatic carbocycles. The quantitative estimate of drug-likeness (QED) is 0.0359. The molecule has 15 nitrogen and oxygen atoms in total. The van der Waals surface area contributed by atoms with Crippen molar-refractivity contribution in [2.24, 2.45) is 0 Å². The number of hydrogen-bond acceptors (Lipinski definition) is 12. The van der Waals surface area contributed by atoms with Crippen molar-refractivity contribution in [3.05, 3.63) is 12.4 Å². The first-order chi connectivity index (χ1) is 25.9. The minimum atomic E-state index is -5.00. The molecule has 3 heterocycles. The summed E-state index contributed by atoms with van der Waals surface area (Å²) in [5.41, 5.74) is 6.07. The van der Waals surface area contributed by atoms with Gasteiger partial charge in [-0.3, -0.25) is 13.6 Å². The maximum Gasteiger partial charge on any atom is 0.481 e. The van der Waals surface area contributed by atoms with Crippen molar-refractivity contribution in [1.82, 2.24) is 19.5 Å². The zero-order chi connectivity index (χ0) is 39.2. The second kappa shape index (κ2) is 25.6. The van der Waals surface area contributed by atoms with Crippen LogP contribution in [0.15, 0.2) is 6.33 Å². The minimum Gasteiger partial charge on any atom is -0.382 e. The van der Waals surface area contributed by atoms with E-state index in [1.807, 2.05) is 6.92 Å². The molecule has 0 aromatic carbocycles. The van der Waals surface area contributed by atoms with Crippen LogP contribution in [-0.4, -0.2) is 74.0 Å². The summed E-state index contributed by atoms with van der Waals surface area (Å²) in [5, 5.41) is 0. The summed E-state index contributed by atoms with van der Waals surface area (Å²) in [6.07, 6.45) is 20.6. The van der Waals surface area contributed by atoms with Crippen LogP contribution < -0.4 is 5.73 Å². The van der Waals surface area contributed by atoms with Crippen LogP contribution in [-0.2, 0) is 36.7 Å². The molecule has 2 aromatic heterocycles. The third-order valence-corrected chi connectivity index (χ3v) is 12.2. The highest BCUT2D eigenvalue weighted by Crippen LogP contribution is 2.60. The first-order valence-corrected chi connectivity index (χ1v) is 23.1. The molecule has 6 atom stereocenters. The number of anilines is 1. The number of aromatic nitrogens is 4. The van der Waals surface area contributed by atoms with Crippen LogP contribution in [0.5, 0.6) is 0 Å². The molecule has 54 heavy (non-hydrogen) atoms. The molecule has 312 valence electrons. The number of phosphoric ester groups is 2. The van der Waals surface area contributed by atoms with Gasteiger partial charge in [0, 0.05) is 13.2 Å². The zero-order valence-electron chi connectivity index (χ0n) is 32.7. The second-order valence-electron chi connectivity index (χ2n) is 14.2. The largest absolute Gasteiger partial charge is 0.481 e. The molecule has 3 rings (SSSR count).